The minimum Gasteiger partial charge on any atom is -0.480 e. The van der Waals surface area contributed by atoms with Crippen LogP contribution in [0.1, 0.15) is 39.5 Å². The molecule has 2 unspecified atom stereocenters. The molecule has 0 saturated carbocycles. The number of rotatable bonds is 5. The summed E-state index contributed by atoms with van der Waals surface area (Å²) >= 11 is 0. The van der Waals surface area contributed by atoms with Crippen LogP contribution in [-0.2, 0) is 14.3 Å². The molecule has 0 radical (unpaired) electrons. The summed E-state index contributed by atoms with van der Waals surface area (Å²) in [6.45, 7) is 3.47. The monoisotopic (exact) mass is 229 g/mol. The minimum absolute atomic E-state index is 0.154. The van der Waals surface area contributed by atoms with Crippen molar-refractivity contribution in [1.29, 1.82) is 0 Å². The highest BCUT2D eigenvalue weighted by Crippen LogP contribution is 2.22. The molecule has 1 aliphatic rings. The second-order valence-electron chi connectivity index (χ2n) is 4.31. The second kappa shape index (κ2) is 5.84. The number of carbonyl (C=O) groups is 2. The Morgan fingerprint density at radius 1 is 1.50 bits per heavy atom. The van der Waals surface area contributed by atoms with Crippen LogP contribution in [0.25, 0.3) is 0 Å². The molecule has 1 saturated heterocycles. The summed E-state index contributed by atoms with van der Waals surface area (Å²) in [5.41, 5.74) is 0. The van der Waals surface area contributed by atoms with Gasteiger partial charge in [-0.05, 0) is 33.1 Å². The van der Waals surface area contributed by atoms with Crippen molar-refractivity contribution in [1.82, 2.24) is 5.32 Å². The Morgan fingerprint density at radius 3 is 2.69 bits per heavy atom. The normalized spacial score (nSPS) is 26.4. The SMILES string of the molecule is CC1CCC(CCC(=O)N[C@H](C)C(=O)O)O1. The highest BCUT2D eigenvalue weighted by atomic mass is 16.5. The first-order valence-corrected chi connectivity index (χ1v) is 5.66. The summed E-state index contributed by atoms with van der Waals surface area (Å²) in [5, 5.41) is 11.0. The first-order valence-electron chi connectivity index (χ1n) is 5.66. The van der Waals surface area contributed by atoms with Gasteiger partial charge in [0, 0.05) is 6.42 Å². The maximum Gasteiger partial charge on any atom is 0.325 e. The molecule has 1 aliphatic heterocycles. The maximum atomic E-state index is 11.4. The summed E-state index contributed by atoms with van der Waals surface area (Å²) in [6, 6.07) is -0.823. The zero-order valence-electron chi connectivity index (χ0n) is 9.73. The lowest BCUT2D eigenvalue weighted by molar-refractivity contribution is -0.141. The van der Waals surface area contributed by atoms with Crippen LogP contribution < -0.4 is 5.32 Å². The lowest BCUT2D eigenvalue weighted by Gasteiger charge is -2.12. The third-order valence-corrected chi connectivity index (χ3v) is 2.76. The molecule has 0 spiro atoms. The number of aliphatic carboxylic acids is 1. The highest BCUT2D eigenvalue weighted by Gasteiger charge is 2.22. The van der Waals surface area contributed by atoms with E-state index in [0.29, 0.717) is 12.8 Å². The summed E-state index contributed by atoms with van der Waals surface area (Å²) in [4.78, 5) is 21.9. The molecule has 1 rings (SSSR count). The van der Waals surface area contributed by atoms with Gasteiger partial charge >= 0.3 is 5.97 Å². The van der Waals surface area contributed by atoms with Crippen LogP contribution in [0, 0.1) is 0 Å². The van der Waals surface area contributed by atoms with E-state index in [-0.39, 0.29) is 18.1 Å². The zero-order valence-corrected chi connectivity index (χ0v) is 9.73. The van der Waals surface area contributed by atoms with E-state index >= 15 is 0 Å². The third kappa shape index (κ3) is 4.18. The first-order chi connectivity index (χ1) is 7.49. The van der Waals surface area contributed by atoms with Crippen LogP contribution in [0.4, 0.5) is 0 Å². The van der Waals surface area contributed by atoms with E-state index in [1.807, 2.05) is 6.92 Å². The van der Waals surface area contributed by atoms with Gasteiger partial charge < -0.3 is 15.2 Å². The Bertz CT molecular complexity index is 267. The number of hydrogen-bond donors (Lipinski definition) is 2. The van der Waals surface area contributed by atoms with Gasteiger partial charge in [0.25, 0.3) is 0 Å². The van der Waals surface area contributed by atoms with E-state index in [1.54, 1.807) is 0 Å². The number of ether oxygens (including phenoxy) is 1. The van der Waals surface area contributed by atoms with Gasteiger partial charge in [-0.25, -0.2) is 0 Å². The zero-order chi connectivity index (χ0) is 12.1. The molecule has 0 aliphatic carbocycles. The molecule has 0 aromatic rings. The topological polar surface area (TPSA) is 75.6 Å². The quantitative estimate of drug-likeness (QED) is 0.735. The number of carboxylic acid groups (broad SMARTS) is 1. The van der Waals surface area contributed by atoms with Crippen molar-refractivity contribution in [3.05, 3.63) is 0 Å². The first kappa shape index (κ1) is 13.0. The van der Waals surface area contributed by atoms with Crippen LogP contribution >= 0.6 is 0 Å². The van der Waals surface area contributed by atoms with E-state index in [4.69, 9.17) is 9.84 Å². The molecular formula is C11H19NO4. The van der Waals surface area contributed by atoms with Gasteiger partial charge in [0.1, 0.15) is 6.04 Å². The van der Waals surface area contributed by atoms with Gasteiger partial charge in [0.2, 0.25) is 5.91 Å². The molecule has 0 aromatic carbocycles. The van der Waals surface area contributed by atoms with E-state index in [0.717, 1.165) is 12.8 Å². The molecule has 1 fully saturated rings. The molecule has 5 nitrogen and oxygen atoms in total. The standard InChI is InChI=1S/C11H19NO4/c1-7-3-4-9(16-7)5-6-10(13)12-8(2)11(14)15/h7-9H,3-6H2,1-2H3,(H,12,13)(H,14,15)/t7?,8-,9?/m1/s1. The Morgan fingerprint density at radius 2 is 2.19 bits per heavy atom. The van der Waals surface area contributed by atoms with Crippen molar-refractivity contribution < 1.29 is 19.4 Å². The molecule has 16 heavy (non-hydrogen) atoms. The van der Waals surface area contributed by atoms with Crippen molar-refractivity contribution in [2.75, 3.05) is 0 Å². The van der Waals surface area contributed by atoms with Gasteiger partial charge in [-0.1, -0.05) is 0 Å². The van der Waals surface area contributed by atoms with Gasteiger partial charge in [0.15, 0.2) is 0 Å². The molecule has 2 N–H and O–H groups in total. The van der Waals surface area contributed by atoms with Crippen LogP contribution in [0.2, 0.25) is 0 Å². The Hall–Kier alpha value is -1.10. The molecule has 92 valence electrons. The number of carbonyl (C=O) groups excluding carboxylic acids is 1. The van der Waals surface area contributed by atoms with Crippen LogP contribution in [-0.4, -0.2) is 35.2 Å². The maximum absolute atomic E-state index is 11.4. The fourth-order valence-corrected chi connectivity index (χ4v) is 1.77. The Labute approximate surface area is 95.2 Å². The van der Waals surface area contributed by atoms with Gasteiger partial charge in [0.05, 0.1) is 12.2 Å². The molecule has 5 heteroatoms. The molecular weight excluding hydrogens is 210 g/mol. The predicted octanol–water partition coefficient (Wildman–Crippen LogP) is 0.923. The van der Waals surface area contributed by atoms with Crippen molar-refractivity contribution in [3.63, 3.8) is 0 Å². The van der Waals surface area contributed by atoms with Gasteiger partial charge in [-0.3, -0.25) is 9.59 Å². The molecule has 3 atom stereocenters. The fourth-order valence-electron chi connectivity index (χ4n) is 1.77. The average molecular weight is 229 g/mol. The lowest BCUT2D eigenvalue weighted by atomic mass is 10.1. The van der Waals surface area contributed by atoms with Crippen LogP contribution in [0.15, 0.2) is 0 Å². The number of hydrogen-bond acceptors (Lipinski definition) is 3. The Balaban J connectivity index is 2.17. The van der Waals surface area contributed by atoms with E-state index in [1.165, 1.54) is 6.92 Å². The number of nitrogens with one attached hydrogen (secondary N) is 1. The van der Waals surface area contributed by atoms with Crippen LogP contribution in [0.5, 0.6) is 0 Å². The number of amides is 1. The smallest absolute Gasteiger partial charge is 0.325 e. The van der Waals surface area contributed by atoms with Crippen molar-refractivity contribution >= 4 is 11.9 Å². The van der Waals surface area contributed by atoms with Crippen LogP contribution in [0.3, 0.4) is 0 Å². The van der Waals surface area contributed by atoms with Gasteiger partial charge in [-0.15, -0.1) is 0 Å². The minimum atomic E-state index is -1.01. The fraction of sp³-hybridized carbons (Fsp3) is 0.818. The van der Waals surface area contributed by atoms with E-state index in [2.05, 4.69) is 5.32 Å². The van der Waals surface area contributed by atoms with Crippen molar-refractivity contribution in [2.24, 2.45) is 0 Å². The highest BCUT2D eigenvalue weighted by molar-refractivity contribution is 5.83. The van der Waals surface area contributed by atoms with E-state index in [9.17, 15) is 9.59 Å². The Kier molecular flexibility index (Phi) is 4.73. The molecule has 0 aromatic heterocycles. The summed E-state index contributed by atoms with van der Waals surface area (Å²) < 4.78 is 5.57. The molecule has 1 amide bonds. The van der Waals surface area contributed by atoms with Crippen molar-refractivity contribution in [2.45, 2.75) is 57.8 Å². The third-order valence-electron chi connectivity index (χ3n) is 2.76. The summed E-state index contributed by atoms with van der Waals surface area (Å²) in [7, 11) is 0. The second-order valence-corrected chi connectivity index (χ2v) is 4.31. The summed E-state index contributed by atoms with van der Waals surface area (Å²) in [5.74, 6) is -1.24. The molecule has 0 bridgehead atoms. The lowest BCUT2D eigenvalue weighted by Crippen LogP contribution is -2.38. The van der Waals surface area contributed by atoms with Crippen molar-refractivity contribution in [3.8, 4) is 0 Å². The van der Waals surface area contributed by atoms with E-state index < -0.39 is 12.0 Å². The van der Waals surface area contributed by atoms with Gasteiger partial charge in [-0.2, -0.15) is 0 Å². The predicted molar refractivity (Wildman–Crippen MR) is 58.0 cm³/mol. The average Bonchev–Trinajstić information content (AvgIpc) is 2.61. The molecule has 1 heterocycles. The summed E-state index contributed by atoms with van der Waals surface area (Å²) in [6.07, 6.45) is 3.46. The number of carboxylic acids is 1. The largest absolute Gasteiger partial charge is 0.480 e.